The fourth-order valence-electron chi connectivity index (χ4n) is 2.82. The number of nitrogens with two attached hydrogens (primary N) is 1. The number of nitrogens with zero attached hydrogens (tertiary/aromatic N) is 1. The van der Waals surface area contributed by atoms with Crippen molar-refractivity contribution in [1.29, 1.82) is 0 Å². The summed E-state index contributed by atoms with van der Waals surface area (Å²) >= 11 is 0. The van der Waals surface area contributed by atoms with Crippen LogP contribution in [0.5, 0.6) is 0 Å². The standard InChI is InChI=1S/C14H24N2O4/c15-14(18)12-5-1-2-7-16(12)13(17)6-9-19-10-11-4-3-8-20-11/h11-12H,1-10H2,(H2,15,18). The van der Waals surface area contributed by atoms with Gasteiger partial charge >= 0.3 is 0 Å². The molecule has 2 N–H and O–H groups in total. The zero-order chi connectivity index (χ0) is 14.4. The molecule has 6 heteroatoms. The summed E-state index contributed by atoms with van der Waals surface area (Å²) in [7, 11) is 0. The smallest absolute Gasteiger partial charge is 0.240 e. The number of hydrogen-bond donors (Lipinski definition) is 1. The Bertz CT molecular complexity index is 342. The van der Waals surface area contributed by atoms with Gasteiger partial charge < -0.3 is 20.1 Å². The van der Waals surface area contributed by atoms with Crippen LogP contribution in [0.4, 0.5) is 0 Å². The van der Waals surface area contributed by atoms with Crippen LogP contribution in [0, 0.1) is 0 Å². The van der Waals surface area contributed by atoms with Crippen LogP contribution in [-0.2, 0) is 19.1 Å². The third-order valence-corrected chi connectivity index (χ3v) is 3.94. The highest BCUT2D eigenvalue weighted by Crippen LogP contribution is 2.18. The van der Waals surface area contributed by atoms with Gasteiger partial charge in [0.05, 0.1) is 25.7 Å². The maximum absolute atomic E-state index is 12.1. The molecule has 2 fully saturated rings. The van der Waals surface area contributed by atoms with Crippen LogP contribution in [0.25, 0.3) is 0 Å². The molecule has 2 saturated heterocycles. The number of hydrogen-bond acceptors (Lipinski definition) is 4. The van der Waals surface area contributed by atoms with E-state index in [1.165, 1.54) is 0 Å². The highest BCUT2D eigenvalue weighted by Gasteiger charge is 2.30. The van der Waals surface area contributed by atoms with E-state index in [0.29, 0.717) is 32.6 Å². The molecule has 0 aromatic heterocycles. The fourth-order valence-corrected chi connectivity index (χ4v) is 2.82. The summed E-state index contributed by atoms with van der Waals surface area (Å²) in [4.78, 5) is 25.1. The number of carbonyl (C=O) groups excluding carboxylic acids is 2. The first-order valence-corrected chi connectivity index (χ1v) is 7.46. The molecule has 2 heterocycles. The molecule has 2 amide bonds. The Morgan fingerprint density at radius 2 is 2.10 bits per heavy atom. The van der Waals surface area contributed by atoms with Crippen LogP contribution in [0.2, 0.25) is 0 Å². The van der Waals surface area contributed by atoms with Crippen molar-refractivity contribution in [2.75, 3.05) is 26.4 Å². The lowest BCUT2D eigenvalue weighted by Crippen LogP contribution is -2.50. The first-order valence-electron chi connectivity index (χ1n) is 7.46. The second-order valence-corrected chi connectivity index (χ2v) is 5.46. The van der Waals surface area contributed by atoms with Gasteiger partial charge in [0.25, 0.3) is 0 Å². The highest BCUT2D eigenvalue weighted by molar-refractivity contribution is 5.86. The van der Waals surface area contributed by atoms with Crippen molar-refractivity contribution in [2.45, 2.75) is 50.7 Å². The minimum absolute atomic E-state index is 0.0409. The molecular weight excluding hydrogens is 260 g/mol. The van der Waals surface area contributed by atoms with Gasteiger partial charge in [-0.05, 0) is 32.1 Å². The molecule has 0 spiro atoms. The molecule has 20 heavy (non-hydrogen) atoms. The lowest BCUT2D eigenvalue weighted by Gasteiger charge is -2.33. The minimum atomic E-state index is -0.436. The van der Waals surface area contributed by atoms with Gasteiger partial charge in [0.2, 0.25) is 11.8 Å². The molecule has 2 rings (SSSR count). The van der Waals surface area contributed by atoms with Crippen molar-refractivity contribution in [3.8, 4) is 0 Å². The average molecular weight is 284 g/mol. The monoisotopic (exact) mass is 284 g/mol. The minimum Gasteiger partial charge on any atom is -0.378 e. The summed E-state index contributed by atoms with van der Waals surface area (Å²) in [6, 6.07) is -0.436. The Morgan fingerprint density at radius 3 is 2.80 bits per heavy atom. The van der Waals surface area contributed by atoms with E-state index < -0.39 is 11.9 Å². The molecule has 2 aliphatic rings. The SMILES string of the molecule is NC(=O)C1CCCCN1C(=O)CCOCC1CCCO1. The van der Waals surface area contributed by atoms with Crippen LogP contribution in [0.3, 0.4) is 0 Å². The number of ether oxygens (including phenoxy) is 2. The molecular formula is C14H24N2O4. The quantitative estimate of drug-likeness (QED) is 0.717. The maximum Gasteiger partial charge on any atom is 0.240 e. The average Bonchev–Trinajstić information content (AvgIpc) is 2.96. The number of carbonyl (C=O) groups is 2. The van der Waals surface area contributed by atoms with E-state index >= 15 is 0 Å². The molecule has 2 unspecified atom stereocenters. The van der Waals surface area contributed by atoms with Crippen molar-refractivity contribution in [3.63, 3.8) is 0 Å². The maximum atomic E-state index is 12.1. The Morgan fingerprint density at radius 1 is 1.25 bits per heavy atom. The lowest BCUT2D eigenvalue weighted by molar-refractivity contribution is -0.142. The predicted molar refractivity (Wildman–Crippen MR) is 73.0 cm³/mol. The molecule has 0 aliphatic carbocycles. The summed E-state index contributed by atoms with van der Waals surface area (Å²) < 4.78 is 10.9. The Labute approximate surface area is 119 Å². The van der Waals surface area contributed by atoms with E-state index in [0.717, 1.165) is 32.3 Å². The van der Waals surface area contributed by atoms with E-state index in [1.54, 1.807) is 4.90 Å². The highest BCUT2D eigenvalue weighted by atomic mass is 16.5. The van der Waals surface area contributed by atoms with Gasteiger partial charge in [0.15, 0.2) is 0 Å². The normalized spacial score (nSPS) is 26.7. The molecule has 0 aromatic carbocycles. The van der Waals surface area contributed by atoms with E-state index in [1.807, 2.05) is 0 Å². The van der Waals surface area contributed by atoms with Gasteiger partial charge in [-0.15, -0.1) is 0 Å². The number of piperidine rings is 1. The van der Waals surface area contributed by atoms with E-state index in [2.05, 4.69) is 0 Å². The van der Waals surface area contributed by atoms with Crippen LogP contribution in [-0.4, -0.2) is 55.2 Å². The van der Waals surface area contributed by atoms with Crippen molar-refractivity contribution >= 4 is 11.8 Å². The predicted octanol–water partition coefficient (Wildman–Crippen LogP) is 0.438. The zero-order valence-electron chi connectivity index (χ0n) is 11.9. The van der Waals surface area contributed by atoms with Gasteiger partial charge in [-0.1, -0.05) is 0 Å². The zero-order valence-corrected chi connectivity index (χ0v) is 11.9. The molecule has 6 nitrogen and oxygen atoms in total. The molecule has 2 aliphatic heterocycles. The summed E-state index contributed by atoms with van der Waals surface area (Å²) in [5.41, 5.74) is 5.35. The van der Waals surface area contributed by atoms with Gasteiger partial charge in [0, 0.05) is 13.2 Å². The largest absolute Gasteiger partial charge is 0.378 e. The van der Waals surface area contributed by atoms with Crippen molar-refractivity contribution < 1.29 is 19.1 Å². The van der Waals surface area contributed by atoms with Crippen molar-refractivity contribution in [1.82, 2.24) is 4.90 Å². The summed E-state index contributed by atoms with van der Waals surface area (Å²) in [6.07, 6.45) is 5.16. The van der Waals surface area contributed by atoms with E-state index in [9.17, 15) is 9.59 Å². The van der Waals surface area contributed by atoms with E-state index in [4.69, 9.17) is 15.2 Å². The Kier molecular flexibility index (Phi) is 5.79. The third-order valence-electron chi connectivity index (χ3n) is 3.94. The fraction of sp³-hybridized carbons (Fsp3) is 0.857. The van der Waals surface area contributed by atoms with Crippen LogP contribution >= 0.6 is 0 Å². The summed E-state index contributed by atoms with van der Waals surface area (Å²) in [5, 5.41) is 0. The third kappa shape index (κ3) is 4.18. The van der Waals surface area contributed by atoms with Gasteiger partial charge in [-0.3, -0.25) is 9.59 Å². The first kappa shape index (κ1) is 15.3. The Balaban J connectivity index is 1.68. The van der Waals surface area contributed by atoms with Gasteiger partial charge in [-0.25, -0.2) is 0 Å². The molecule has 0 radical (unpaired) electrons. The second-order valence-electron chi connectivity index (χ2n) is 5.46. The second kappa shape index (κ2) is 7.59. The molecule has 0 saturated carbocycles. The number of rotatable bonds is 6. The van der Waals surface area contributed by atoms with Crippen molar-refractivity contribution in [2.24, 2.45) is 5.73 Å². The number of amides is 2. The summed E-state index contributed by atoms with van der Waals surface area (Å²) in [5.74, 6) is -0.445. The topological polar surface area (TPSA) is 81.9 Å². The number of likely N-dealkylation sites (tertiary alicyclic amines) is 1. The summed E-state index contributed by atoms with van der Waals surface area (Å²) in [6.45, 7) is 2.35. The Hall–Kier alpha value is -1.14. The van der Waals surface area contributed by atoms with Crippen LogP contribution < -0.4 is 5.73 Å². The lowest BCUT2D eigenvalue weighted by atomic mass is 10.0. The molecule has 0 aromatic rings. The molecule has 114 valence electrons. The van der Waals surface area contributed by atoms with Crippen LogP contribution in [0.15, 0.2) is 0 Å². The van der Waals surface area contributed by atoms with Crippen LogP contribution in [0.1, 0.15) is 38.5 Å². The van der Waals surface area contributed by atoms with E-state index in [-0.39, 0.29) is 12.0 Å². The number of primary amides is 1. The van der Waals surface area contributed by atoms with Gasteiger partial charge in [-0.2, -0.15) is 0 Å². The molecule has 0 bridgehead atoms. The first-order chi connectivity index (χ1) is 9.68. The van der Waals surface area contributed by atoms with Gasteiger partial charge in [0.1, 0.15) is 6.04 Å². The van der Waals surface area contributed by atoms with Crippen molar-refractivity contribution in [3.05, 3.63) is 0 Å². The molecule has 2 atom stereocenters.